The molecule has 0 spiro atoms. The molecule has 0 saturated carbocycles. The molecule has 1 aliphatic heterocycles. The summed E-state index contributed by atoms with van der Waals surface area (Å²) in [5.41, 5.74) is 2.59. The molecule has 1 amide bonds. The van der Waals surface area contributed by atoms with Crippen molar-refractivity contribution in [2.45, 2.75) is 32.1 Å². The van der Waals surface area contributed by atoms with E-state index in [9.17, 15) is 4.79 Å². The lowest BCUT2D eigenvalue weighted by atomic mass is 10.1. The highest BCUT2D eigenvalue weighted by Crippen LogP contribution is 2.28. The van der Waals surface area contributed by atoms with E-state index in [1.807, 2.05) is 36.4 Å². The first-order valence-corrected chi connectivity index (χ1v) is 9.67. The highest BCUT2D eigenvalue weighted by atomic mass is 16.5. The van der Waals surface area contributed by atoms with Crippen molar-refractivity contribution in [1.82, 2.24) is 15.1 Å². The molecule has 1 aliphatic rings. The molecule has 7 nitrogen and oxygen atoms in total. The summed E-state index contributed by atoms with van der Waals surface area (Å²) in [5.74, 6) is 0.800. The molecule has 4 rings (SSSR count). The quantitative estimate of drug-likeness (QED) is 0.705. The summed E-state index contributed by atoms with van der Waals surface area (Å²) in [6, 6.07) is 13.5. The zero-order chi connectivity index (χ0) is 19.2. The maximum absolute atomic E-state index is 12.5. The number of aromatic nitrogens is 3. The number of carbonyl (C=O) groups excluding carboxylic acids is 1. The van der Waals surface area contributed by atoms with E-state index in [2.05, 4.69) is 31.4 Å². The molecule has 1 fully saturated rings. The van der Waals surface area contributed by atoms with Crippen LogP contribution in [0.4, 0.5) is 11.4 Å². The summed E-state index contributed by atoms with van der Waals surface area (Å²) >= 11 is 0. The molecule has 0 radical (unpaired) electrons. The van der Waals surface area contributed by atoms with Crippen LogP contribution in [-0.2, 0) is 11.2 Å². The minimum Gasteiger partial charge on any atom is -0.370 e. The van der Waals surface area contributed by atoms with Crippen LogP contribution in [0.25, 0.3) is 11.5 Å². The van der Waals surface area contributed by atoms with E-state index >= 15 is 0 Å². The van der Waals surface area contributed by atoms with Gasteiger partial charge in [0.1, 0.15) is 5.69 Å². The highest BCUT2D eigenvalue weighted by Gasteiger charge is 2.16. The smallest absolute Gasteiger partial charge is 0.227 e. The van der Waals surface area contributed by atoms with Crippen molar-refractivity contribution in [3.8, 4) is 11.5 Å². The number of amides is 1. The van der Waals surface area contributed by atoms with Gasteiger partial charge in [-0.2, -0.15) is 4.98 Å². The zero-order valence-electron chi connectivity index (χ0n) is 15.7. The number of hydrogen-bond acceptors (Lipinski definition) is 6. The summed E-state index contributed by atoms with van der Waals surface area (Å²) in [6.07, 6.45) is 6.00. The maximum atomic E-state index is 12.5. The molecule has 0 bridgehead atoms. The summed E-state index contributed by atoms with van der Waals surface area (Å²) < 4.78 is 5.25. The molecular weight excluding hydrogens is 354 g/mol. The van der Waals surface area contributed by atoms with Crippen LogP contribution in [0.2, 0.25) is 0 Å². The predicted octanol–water partition coefficient (Wildman–Crippen LogP) is 3.69. The second kappa shape index (κ2) is 8.65. The summed E-state index contributed by atoms with van der Waals surface area (Å²) in [5, 5.41) is 6.97. The molecule has 144 valence electrons. The van der Waals surface area contributed by atoms with E-state index in [1.165, 1.54) is 19.3 Å². The fraction of sp³-hybridized carbons (Fsp3) is 0.333. The van der Waals surface area contributed by atoms with Crippen molar-refractivity contribution in [3.63, 3.8) is 0 Å². The van der Waals surface area contributed by atoms with E-state index in [-0.39, 0.29) is 12.3 Å². The number of aryl methyl sites for hydroxylation is 1. The van der Waals surface area contributed by atoms with Gasteiger partial charge >= 0.3 is 0 Å². The fourth-order valence-electron chi connectivity index (χ4n) is 3.38. The molecule has 0 atom stereocenters. The van der Waals surface area contributed by atoms with Gasteiger partial charge in [-0.1, -0.05) is 23.4 Å². The Morgan fingerprint density at radius 1 is 1.07 bits per heavy atom. The average molecular weight is 377 g/mol. The van der Waals surface area contributed by atoms with Crippen LogP contribution in [0.5, 0.6) is 0 Å². The van der Waals surface area contributed by atoms with Crippen LogP contribution >= 0.6 is 0 Å². The van der Waals surface area contributed by atoms with E-state index < -0.39 is 0 Å². The maximum Gasteiger partial charge on any atom is 0.227 e. The first kappa shape index (κ1) is 18.2. The van der Waals surface area contributed by atoms with Gasteiger partial charge in [-0.3, -0.25) is 9.78 Å². The van der Waals surface area contributed by atoms with Gasteiger partial charge < -0.3 is 14.7 Å². The average Bonchev–Trinajstić information content (AvgIpc) is 3.23. The second-order valence-corrected chi connectivity index (χ2v) is 6.84. The van der Waals surface area contributed by atoms with Crippen molar-refractivity contribution in [2.24, 2.45) is 0 Å². The van der Waals surface area contributed by atoms with Crippen molar-refractivity contribution in [1.29, 1.82) is 0 Å². The lowest BCUT2D eigenvalue weighted by Gasteiger charge is -2.30. The summed E-state index contributed by atoms with van der Waals surface area (Å²) in [7, 11) is 0. The number of para-hydroxylation sites is 2. The Hall–Kier alpha value is -3.22. The monoisotopic (exact) mass is 377 g/mol. The van der Waals surface area contributed by atoms with Crippen LogP contribution < -0.4 is 10.2 Å². The standard InChI is InChI=1S/C21H23N5O2/c27-19(11-12-20-24-21(25-28-20)17-9-4-5-13-22-17)23-16-8-2-3-10-18(16)26-14-6-1-7-15-26/h2-5,8-10,13H,1,6-7,11-12,14-15H2,(H,23,27). The number of rotatable bonds is 6. The molecule has 7 heteroatoms. The fourth-order valence-corrected chi connectivity index (χ4v) is 3.38. The third kappa shape index (κ3) is 4.36. The number of pyridine rings is 1. The lowest BCUT2D eigenvalue weighted by Crippen LogP contribution is -2.30. The Balaban J connectivity index is 1.36. The van der Waals surface area contributed by atoms with Crippen molar-refractivity contribution in [3.05, 3.63) is 54.6 Å². The number of nitrogens with zero attached hydrogens (tertiary/aromatic N) is 4. The lowest BCUT2D eigenvalue weighted by molar-refractivity contribution is -0.116. The van der Waals surface area contributed by atoms with Gasteiger partial charge in [-0.15, -0.1) is 0 Å². The Morgan fingerprint density at radius 2 is 1.89 bits per heavy atom. The van der Waals surface area contributed by atoms with Crippen LogP contribution in [0.3, 0.4) is 0 Å². The summed E-state index contributed by atoms with van der Waals surface area (Å²) in [4.78, 5) is 23.3. The number of piperidine rings is 1. The molecule has 1 aromatic carbocycles. The first-order valence-electron chi connectivity index (χ1n) is 9.67. The van der Waals surface area contributed by atoms with Gasteiger partial charge in [0.2, 0.25) is 17.6 Å². The van der Waals surface area contributed by atoms with Crippen molar-refractivity contribution >= 4 is 17.3 Å². The SMILES string of the molecule is O=C(CCc1nc(-c2ccccn2)no1)Nc1ccccc1N1CCCCC1. The molecule has 1 N–H and O–H groups in total. The third-order valence-corrected chi connectivity index (χ3v) is 4.80. The molecule has 3 aromatic rings. The number of hydrogen-bond donors (Lipinski definition) is 1. The number of nitrogens with one attached hydrogen (secondary N) is 1. The molecule has 3 heterocycles. The Labute approximate surface area is 163 Å². The Morgan fingerprint density at radius 3 is 2.71 bits per heavy atom. The minimum absolute atomic E-state index is 0.0676. The van der Waals surface area contributed by atoms with Gasteiger partial charge in [0, 0.05) is 32.1 Å². The van der Waals surface area contributed by atoms with E-state index in [0.717, 1.165) is 24.5 Å². The highest BCUT2D eigenvalue weighted by molar-refractivity contribution is 5.94. The Bertz CT molecular complexity index is 919. The number of anilines is 2. The van der Waals surface area contributed by atoms with Gasteiger partial charge in [0.05, 0.1) is 11.4 Å². The van der Waals surface area contributed by atoms with E-state index in [4.69, 9.17) is 4.52 Å². The second-order valence-electron chi connectivity index (χ2n) is 6.84. The van der Waals surface area contributed by atoms with E-state index in [1.54, 1.807) is 6.20 Å². The van der Waals surface area contributed by atoms with Gasteiger partial charge in [0.25, 0.3) is 0 Å². The first-order chi connectivity index (χ1) is 13.8. The molecule has 28 heavy (non-hydrogen) atoms. The van der Waals surface area contributed by atoms with Gasteiger partial charge in [-0.25, -0.2) is 0 Å². The summed E-state index contributed by atoms with van der Waals surface area (Å²) in [6.45, 7) is 2.07. The van der Waals surface area contributed by atoms with Crippen LogP contribution in [0, 0.1) is 0 Å². The zero-order valence-corrected chi connectivity index (χ0v) is 15.7. The molecule has 0 aliphatic carbocycles. The molecule has 0 unspecified atom stereocenters. The minimum atomic E-state index is -0.0676. The molecular formula is C21H23N5O2. The number of carbonyl (C=O) groups is 1. The third-order valence-electron chi connectivity index (χ3n) is 4.80. The van der Waals surface area contributed by atoms with Crippen molar-refractivity contribution in [2.75, 3.05) is 23.3 Å². The van der Waals surface area contributed by atoms with Crippen molar-refractivity contribution < 1.29 is 9.32 Å². The number of benzene rings is 1. The van der Waals surface area contributed by atoms with Crippen LogP contribution in [0.1, 0.15) is 31.6 Å². The van der Waals surface area contributed by atoms with Gasteiger partial charge in [-0.05, 0) is 43.5 Å². The predicted molar refractivity (Wildman–Crippen MR) is 107 cm³/mol. The Kier molecular flexibility index (Phi) is 5.61. The van der Waals surface area contributed by atoms with E-state index in [0.29, 0.717) is 23.8 Å². The topological polar surface area (TPSA) is 84.1 Å². The largest absolute Gasteiger partial charge is 0.370 e. The molecule has 1 saturated heterocycles. The van der Waals surface area contributed by atoms with Gasteiger partial charge in [0.15, 0.2) is 0 Å². The van der Waals surface area contributed by atoms with Crippen LogP contribution in [0.15, 0.2) is 53.2 Å². The van der Waals surface area contributed by atoms with Crippen LogP contribution in [-0.4, -0.2) is 34.1 Å². The molecule has 2 aromatic heterocycles. The normalized spacial score (nSPS) is 14.1.